The molecule has 1 fully saturated rings. The van der Waals surface area contributed by atoms with Crippen molar-refractivity contribution >= 4 is 21.8 Å². The van der Waals surface area contributed by atoms with Gasteiger partial charge in [0.15, 0.2) is 5.84 Å². The molecular weight excluding hydrogens is 411 g/mol. The summed E-state index contributed by atoms with van der Waals surface area (Å²) in [7, 11) is -2.26. The molecule has 1 unspecified atom stereocenters. The molecule has 0 N–H and O–H groups in total. The maximum atomic E-state index is 13.5. The number of likely N-dealkylation sites (tertiary alicyclic amines) is 1. The van der Waals surface area contributed by atoms with Gasteiger partial charge in [0.05, 0.1) is 13.0 Å². The number of methoxy groups -OCH3 is 1. The summed E-state index contributed by atoms with van der Waals surface area (Å²) in [6, 6.07) is 10.7. The van der Waals surface area contributed by atoms with Crippen LogP contribution in [-0.4, -0.2) is 45.3 Å². The zero-order chi connectivity index (χ0) is 21.3. The molecule has 0 spiro atoms. The molecule has 1 saturated heterocycles. The molecule has 0 aliphatic carbocycles. The van der Waals surface area contributed by atoms with Crippen molar-refractivity contribution in [2.75, 3.05) is 20.2 Å². The first-order chi connectivity index (χ1) is 14.4. The second-order valence-electron chi connectivity index (χ2n) is 7.24. The number of carbonyl (C=O) groups is 1. The Hall–Kier alpha value is -2.94. The number of hydrogen-bond donors (Lipinski definition) is 0. The predicted octanol–water partition coefficient (Wildman–Crippen LogP) is 2.74. The first-order valence-electron chi connectivity index (χ1n) is 9.57. The van der Waals surface area contributed by atoms with Crippen LogP contribution in [0.2, 0.25) is 0 Å². The van der Waals surface area contributed by atoms with Crippen LogP contribution in [0.3, 0.4) is 0 Å². The third-order valence-electron chi connectivity index (χ3n) is 5.28. The average Bonchev–Trinajstić information content (AvgIpc) is 3.03. The number of halogens is 1. The molecular formula is C21H21FN2O5S. The molecule has 0 radical (unpaired) electrons. The quantitative estimate of drug-likeness (QED) is 0.691. The van der Waals surface area contributed by atoms with Gasteiger partial charge >= 0.3 is 5.97 Å². The normalized spacial score (nSPS) is 19.7. The summed E-state index contributed by atoms with van der Waals surface area (Å²) in [6.07, 6.45) is 1.32. The molecule has 0 amide bonds. The third kappa shape index (κ3) is 3.89. The highest BCUT2D eigenvalue weighted by Gasteiger charge is 2.35. The molecule has 2 aromatic carbocycles. The molecule has 0 aromatic heterocycles. The number of esters is 1. The van der Waals surface area contributed by atoms with Gasteiger partial charge in [-0.05, 0) is 43.2 Å². The lowest BCUT2D eigenvalue weighted by molar-refractivity contribution is -0.151. The SMILES string of the molecule is COc1ccc(F)cc1COC(=O)C1CCCN(C2=NS(=O)(=O)c3ccccc32)C1. The van der Waals surface area contributed by atoms with Gasteiger partial charge in [-0.15, -0.1) is 4.40 Å². The number of piperidine rings is 1. The Labute approximate surface area is 174 Å². The van der Waals surface area contributed by atoms with Crippen molar-refractivity contribution in [1.29, 1.82) is 0 Å². The van der Waals surface area contributed by atoms with Crippen LogP contribution in [0.15, 0.2) is 51.8 Å². The number of hydrogen-bond acceptors (Lipinski definition) is 6. The number of amidine groups is 1. The summed E-state index contributed by atoms with van der Waals surface area (Å²) in [4.78, 5) is 14.7. The van der Waals surface area contributed by atoms with E-state index < -0.39 is 27.7 Å². The van der Waals surface area contributed by atoms with Crippen molar-refractivity contribution < 1.29 is 27.1 Å². The van der Waals surface area contributed by atoms with Crippen LogP contribution in [0.4, 0.5) is 4.39 Å². The lowest BCUT2D eigenvalue weighted by Gasteiger charge is -2.33. The molecule has 2 aromatic rings. The van der Waals surface area contributed by atoms with Crippen LogP contribution in [0.1, 0.15) is 24.0 Å². The molecule has 4 rings (SSSR count). The van der Waals surface area contributed by atoms with Crippen molar-refractivity contribution in [2.24, 2.45) is 10.3 Å². The first-order valence-corrected chi connectivity index (χ1v) is 11.0. The van der Waals surface area contributed by atoms with Gasteiger partial charge in [0.25, 0.3) is 10.0 Å². The fourth-order valence-corrected chi connectivity index (χ4v) is 5.03. The van der Waals surface area contributed by atoms with Crippen LogP contribution in [-0.2, 0) is 26.2 Å². The monoisotopic (exact) mass is 432 g/mol. The largest absolute Gasteiger partial charge is 0.496 e. The summed E-state index contributed by atoms with van der Waals surface area (Å²) in [5, 5.41) is 0. The first kappa shape index (κ1) is 20.3. The van der Waals surface area contributed by atoms with Gasteiger partial charge in [-0.3, -0.25) is 4.79 Å². The average molecular weight is 432 g/mol. The van der Waals surface area contributed by atoms with Gasteiger partial charge in [0, 0.05) is 24.2 Å². The van der Waals surface area contributed by atoms with Crippen molar-refractivity contribution in [3.63, 3.8) is 0 Å². The van der Waals surface area contributed by atoms with Crippen LogP contribution in [0.25, 0.3) is 0 Å². The maximum Gasteiger partial charge on any atom is 0.311 e. The zero-order valence-corrected chi connectivity index (χ0v) is 17.2. The summed E-state index contributed by atoms with van der Waals surface area (Å²) in [5.41, 5.74) is 0.995. The van der Waals surface area contributed by atoms with E-state index in [1.54, 1.807) is 18.2 Å². The second kappa shape index (κ2) is 8.06. The molecule has 1 atom stereocenters. The summed E-state index contributed by atoms with van der Waals surface area (Å²) >= 11 is 0. The van der Waals surface area contributed by atoms with Gasteiger partial charge in [-0.2, -0.15) is 8.42 Å². The molecule has 30 heavy (non-hydrogen) atoms. The highest BCUT2D eigenvalue weighted by atomic mass is 32.2. The predicted molar refractivity (Wildman–Crippen MR) is 107 cm³/mol. The highest BCUT2D eigenvalue weighted by molar-refractivity contribution is 7.90. The number of nitrogens with zero attached hydrogens (tertiary/aromatic N) is 2. The van der Waals surface area contributed by atoms with E-state index in [2.05, 4.69) is 4.40 Å². The van der Waals surface area contributed by atoms with Crippen LogP contribution < -0.4 is 4.74 Å². The number of benzene rings is 2. The van der Waals surface area contributed by atoms with Gasteiger partial charge in [0.2, 0.25) is 0 Å². The Morgan fingerprint density at radius 3 is 2.87 bits per heavy atom. The Kier molecular flexibility index (Phi) is 5.46. The topological polar surface area (TPSA) is 85.3 Å². The zero-order valence-electron chi connectivity index (χ0n) is 16.4. The van der Waals surface area contributed by atoms with Crippen molar-refractivity contribution in [3.05, 3.63) is 59.4 Å². The lowest BCUT2D eigenvalue weighted by atomic mass is 9.97. The third-order valence-corrected chi connectivity index (χ3v) is 6.60. The minimum absolute atomic E-state index is 0.103. The van der Waals surface area contributed by atoms with Crippen molar-refractivity contribution in [2.45, 2.75) is 24.3 Å². The molecule has 0 saturated carbocycles. The molecule has 9 heteroatoms. The molecule has 7 nitrogen and oxygen atoms in total. The number of carbonyl (C=O) groups excluding carboxylic acids is 1. The Morgan fingerprint density at radius 2 is 2.07 bits per heavy atom. The molecule has 158 valence electrons. The summed E-state index contributed by atoms with van der Waals surface area (Å²) < 4.78 is 52.7. The van der Waals surface area contributed by atoms with E-state index in [-0.39, 0.29) is 11.5 Å². The van der Waals surface area contributed by atoms with Crippen molar-refractivity contribution in [3.8, 4) is 5.75 Å². The van der Waals surface area contributed by atoms with E-state index in [1.165, 1.54) is 31.4 Å². The Bertz CT molecular complexity index is 1120. The maximum absolute atomic E-state index is 13.5. The Morgan fingerprint density at radius 1 is 1.27 bits per heavy atom. The fraction of sp³-hybridized carbons (Fsp3) is 0.333. The van der Waals surface area contributed by atoms with Gasteiger partial charge in [0.1, 0.15) is 23.1 Å². The van der Waals surface area contributed by atoms with Crippen molar-refractivity contribution in [1.82, 2.24) is 4.90 Å². The number of ether oxygens (including phenoxy) is 2. The van der Waals surface area contributed by atoms with Crippen LogP contribution in [0, 0.1) is 11.7 Å². The van der Waals surface area contributed by atoms with E-state index in [9.17, 15) is 17.6 Å². The molecule has 2 aliphatic rings. The number of fused-ring (bicyclic) bond motifs is 1. The lowest BCUT2D eigenvalue weighted by Crippen LogP contribution is -2.42. The summed E-state index contributed by atoms with van der Waals surface area (Å²) in [5.74, 6) is -0.478. The van der Waals surface area contributed by atoms with Crippen LogP contribution >= 0.6 is 0 Å². The number of sulfonamides is 1. The standard InChI is InChI=1S/C21H21FN2O5S/c1-28-18-9-8-16(22)11-15(18)13-29-21(25)14-5-4-10-24(12-14)20-17-6-2-3-7-19(17)30(26,27)23-20/h2-3,6-9,11,14H,4-5,10,12-13H2,1H3. The van der Waals surface area contributed by atoms with E-state index in [4.69, 9.17) is 9.47 Å². The Balaban J connectivity index is 1.46. The van der Waals surface area contributed by atoms with E-state index in [0.717, 1.165) is 0 Å². The van der Waals surface area contributed by atoms with Gasteiger partial charge in [-0.1, -0.05) is 12.1 Å². The van der Waals surface area contributed by atoms with Gasteiger partial charge in [-0.25, -0.2) is 4.39 Å². The molecule has 0 bridgehead atoms. The highest BCUT2D eigenvalue weighted by Crippen LogP contribution is 2.30. The van der Waals surface area contributed by atoms with E-state index in [0.29, 0.717) is 48.6 Å². The number of rotatable bonds is 4. The smallest absolute Gasteiger partial charge is 0.311 e. The van der Waals surface area contributed by atoms with Gasteiger partial charge < -0.3 is 14.4 Å². The van der Waals surface area contributed by atoms with E-state index in [1.807, 2.05) is 4.90 Å². The minimum atomic E-state index is -3.72. The molecule has 2 heterocycles. The van der Waals surface area contributed by atoms with Crippen LogP contribution in [0.5, 0.6) is 5.75 Å². The second-order valence-corrected chi connectivity index (χ2v) is 8.81. The summed E-state index contributed by atoms with van der Waals surface area (Å²) in [6.45, 7) is 0.806. The molecule has 2 aliphatic heterocycles. The van der Waals surface area contributed by atoms with E-state index >= 15 is 0 Å². The fourth-order valence-electron chi connectivity index (χ4n) is 3.81. The minimum Gasteiger partial charge on any atom is -0.496 e.